The van der Waals surface area contributed by atoms with Crippen molar-refractivity contribution in [3.05, 3.63) is 135 Å². The Hall–Kier alpha value is -3.31. The Kier molecular flexibility index (Phi) is 9.61. The molecule has 4 nitrogen and oxygen atoms in total. The minimum atomic E-state index is -0.471. The van der Waals surface area contributed by atoms with Crippen LogP contribution in [0.2, 0.25) is 10.0 Å². The Balaban J connectivity index is 1.52. The maximum absolute atomic E-state index is 11.5. The summed E-state index contributed by atoms with van der Waals surface area (Å²) in [6.45, 7) is 2.67. The number of ether oxygens (including phenoxy) is 1. The van der Waals surface area contributed by atoms with Gasteiger partial charge in [0, 0.05) is 46.7 Å². The smallest absolute Gasteiger partial charge is 0.248 e. The number of nitrogens with two attached hydrogens (primary N) is 1. The van der Waals surface area contributed by atoms with Gasteiger partial charge in [0.05, 0.1) is 6.61 Å². The first-order chi connectivity index (χ1) is 18.0. The van der Waals surface area contributed by atoms with Crippen LogP contribution in [0.5, 0.6) is 5.75 Å². The van der Waals surface area contributed by atoms with Gasteiger partial charge in [0.25, 0.3) is 0 Å². The summed E-state index contributed by atoms with van der Waals surface area (Å²) in [6, 6.07) is 33.6. The molecule has 0 aliphatic heterocycles. The van der Waals surface area contributed by atoms with Gasteiger partial charge in [0.2, 0.25) is 5.91 Å². The van der Waals surface area contributed by atoms with E-state index in [1.807, 2.05) is 36.4 Å². The fourth-order valence-electron chi connectivity index (χ4n) is 4.39. The normalized spacial score (nSPS) is 11.1. The van der Waals surface area contributed by atoms with E-state index in [0.717, 1.165) is 25.1 Å². The summed E-state index contributed by atoms with van der Waals surface area (Å²) in [6.07, 6.45) is 0.777. The summed E-state index contributed by atoms with van der Waals surface area (Å²) in [5, 5.41) is 1.32. The Morgan fingerprint density at radius 3 is 2.00 bits per heavy atom. The van der Waals surface area contributed by atoms with Gasteiger partial charge in [0.1, 0.15) is 5.75 Å². The highest BCUT2D eigenvalue weighted by molar-refractivity contribution is 6.35. The number of carbonyl (C=O) groups excluding carboxylic acids is 1. The molecule has 0 fully saturated rings. The molecule has 0 aromatic heterocycles. The number of amides is 1. The number of rotatable bonds is 12. The Morgan fingerprint density at radius 2 is 1.41 bits per heavy atom. The topological polar surface area (TPSA) is 55.6 Å². The van der Waals surface area contributed by atoms with E-state index in [-0.39, 0.29) is 5.92 Å². The molecule has 4 rings (SSSR count). The van der Waals surface area contributed by atoms with Crippen LogP contribution in [0.4, 0.5) is 0 Å². The van der Waals surface area contributed by atoms with Crippen molar-refractivity contribution in [3.63, 3.8) is 0 Å². The average molecular weight is 533 g/mol. The SMILES string of the molecule is NC(=O)c1cccc(OCCCN(Cc2c(Cl)cccc2Cl)CC(c2ccccc2)c2ccccc2)c1. The highest BCUT2D eigenvalue weighted by Gasteiger charge is 2.20. The number of primary amides is 1. The molecule has 0 atom stereocenters. The minimum Gasteiger partial charge on any atom is -0.494 e. The second-order valence-corrected chi connectivity index (χ2v) is 9.72. The number of halogens is 2. The highest BCUT2D eigenvalue weighted by Crippen LogP contribution is 2.30. The van der Waals surface area contributed by atoms with Crippen LogP contribution >= 0.6 is 23.2 Å². The van der Waals surface area contributed by atoms with Crippen molar-refractivity contribution in [2.24, 2.45) is 5.73 Å². The molecule has 0 aliphatic carbocycles. The first-order valence-electron chi connectivity index (χ1n) is 12.3. The Bertz CT molecular complexity index is 1240. The summed E-state index contributed by atoms with van der Waals surface area (Å²) >= 11 is 13.1. The molecule has 4 aromatic rings. The number of hydrogen-bond donors (Lipinski definition) is 1. The molecule has 0 unspecified atom stereocenters. The van der Waals surface area contributed by atoms with Crippen LogP contribution in [0.25, 0.3) is 0 Å². The molecule has 2 N–H and O–H groups in total. The zero-order valence-electron chi connectivity index (χ0n) is 20.5. The molecular weight excluding hydrogens is 503 g/mol. The lowest BCUT2D eigenvalue weighted by Gasteiger charge is -2.29. The van der Waals surface area contributed by atoms with Gasteiger partial charge in [-0.25, -0.2) is 0 Å². The van der Waals surface area contributed by atoms with E-state index < -0.39 is 5.91 Å². The zero-order chi connectivity index (χ0) is 26.0. The van der Waals surface area contributed by atoms with Gasteiger partial charge in [-0.15, -0.1) is 0 Å². The van der Waals surface area contributed by atoms with Crippen molar-refractivity contribution < 1.29 is 9.53 Å². The second-order valence-electron chi connectivity index (χ2n) is 8.90. The maximum Gasteiger partial charge on any atom is 0.248 e. The van der Waals surface area contributed by atoms with E-state index in [1.54, 1.807) is 18.2 Å². The van der Waals surface area contributed by atoms with E-state index >= 15 is 0 Å². The van der Waals surface area contributed by atoms with E-state index in [9.17, 15) is 4.79 Å². The van der Waals surface area contributed by atoms with Crippen LogP contribution in [-0.2, 0) is 6.54 Å². The number of carbonyl (C=O) groups is 1. The predicted molar refractivity (Wildman–Crippen MR) is 152 cm³/mol. The molecule has 6 heteroatoms. The van der Waals surface area contributed by atoms with Crippen molar-refractivity contribution in [1.29, 1.82) is 0 Å². The van der Waals surface area contributed by atoms with Crippen LogP contribution in [0, 0.1) is 0 Å². The first-order valence-corrected chi connectivity index (χ1v) is 13.0. The van der Waals surface area contributed by atoms with E-state index in [2.05, 4.69) is 53.4 Å². The summed E-state index contributed by atoms with van der Waals surface area (Å²) in [5.41, 5.74) is 9.25. The van der Waals surface area contributed by atoms with Gasteiger partial charge >= 0.3 is 0 Å². The fourth-order valence-corrected chi connectivity index (χ4v) is 4.91. The van der Waals surface area contributed by atoms with Gasteiger partial charge in [-0.05, 0) is 47.9 Å². The molecule has 0 spiro atoms. The predicted octanol–water partition coefficient (Wildman–Crippen LogP) is 7.20. The largest absolute Gasteiger partial charge is 0.494 e. The summed E-state index contributed by atoms with van der Waals surface area (Å²) < 4.78 is 5.93. The van der Waals surface area contributed by atoms with Gasteiger partial charge in [-0.2, -0.15) is 0 Å². The average Bonchev–Trinajstić information content (AvgIpc) is 2.92. The van der Waals surface area contributed by atoms with Crippen LogP contribution in [0.1, 0.15) is 39.4 Å². The second kappa shape index (κ2) is 13.3. The third-order valence-electron chi connectivity index (χ3n) is 6.29. The van der Waals surface area contributed by atoms with E-state index in [0.29, 0.717) is 34.5 Å². The number of nitrogens with zero attached hydrogens (tertiary/aromatic N) is 1. The highest BCUT2D eigenvalue weighted by atomic mass is 35.5. The maximum atomic E-state index is 11.5. The van der Waals surface area contributed by atoms with Crippen LogP contribution < -0.4 is 10.5 Å². The quantitative estimate of drug-likeness (QED) is 0.196. The lowest BCUT2D eigenvalue weighted by atomic mass is 9.90. The molecular formula is C31H30Cl2N2O2. The molecule has 0 radical (unpaired) electrons. The van der Waals surface area contributed by atoms with E-state index in [4.69, 9.17) is 33.7 Å². The third-order valence-corrected chi connectivity index (χ3v) is 7.00. The molecule has 37 heavy (non-hydrogen) atoms. The van der Waals surface area contributed by atoms with Crippen molar-refractivity contribution in [3.8, 4) is 5.75 Å². The lowest BCUT2D eigenvalue weighted by molar-refractivity contribution is 0.1000. The molecule has 1 amide bonds. The molecule has 0 saturated heterocycles. The molecule has 4 aromatic carbocycles. The number of hydrogen-bond acceptors (Lipinski definition) is 3. The van der Waals surface area contributed by atoms with Crippen LogP contribution in [-0.4, -0.2) is 30.5 Å². The third kappa shape index (κ3) is 7.59. The monoisotopic (exact) mass is 532 g/mol. The molecule has 0 heterocycles. The van der Waals surface area contributed by atoms with Crippen LogP contribution in [0.3, 0.4) is 0 Å². The van der Waals surface area contributed by atoms with Crippen molar-refractivity contribution >= 4 is 29.1 Å². The minimum absolute atomic E-state index is 0.178. The van der Waals surface area contributed by atoms with Crippen molar-refractivity contribution in [2.75, 3.05) is 19.7 Å². The van der Waals surface area contributed by atoms with Crippen molar-refractivity contribution in [2.45, 2.75) is 18.9 Å². The molecule has 190 valence electrons. The molecule has 0 saturated carbocycles. The Morgan fingerprint density at radius 1 is 0.811 bits per heavy atom. The van der Waals surface area contributed by atoms with Gasteiger partial charge in [-0.3, -0.25) is 9.69 Å². The van der Waals surface area contributed by atoms with Crippen LogP contribution in [0.15, 0.2) is 103 Å². The van der Waals surface area contributed by atoms with Gasteiger partial charge < -0.3 is 10.5 Å². The standard InChI is InChI=1S/C31H30Cl2N2O2/c32-29-16-8-17-30(33)28(29)22-35(18-9-19-37-26-15-7-14-25(20-26)31(34)36)21-27(23-10-3-1-4-11-23)24-12-5-2-6-13-24/h1-8,10-17,20,27H,9,18-19,21-22H2,(H2,34,36). The molecule has 0 bridgehead atoms. The zero-order valence-corrected chi connectivity index (χ0v) is 22.0. The van der Waals surface area contributed by atoms with Gasteiger partial charge in [-0.1, -0.05) is 96.0 Å². The van der Waals surface area contributed by atoms with E-state index in [1.165, 1.54) is 11.1 Å². The summed E-state index contributed by atoms with van der Waals surface area (Å²) in [7, 11) is 0. The van der Waals surface area contributed by atoms with Crippen molar-refractivity contribution in [1.82, 2.24) is 4.90 Å². The Labute approximate surface area is 228 Å². The van der Waals surface area contributed by atoms with Gasteiger partial charge in [0.15, 0.2) is 0 Å². The lowest BCUT2D eigenvalue weighted by Crippen LogP contribution is -2.31. The molecule has 0 aliphatic rings. The first kappa shape index (κ1) is 26.7. The summed E-state index contributed by atoms with van der Waals surface area (Å²) in [5.74, 6) is 0.335. The fraction of sp³-hybridized carbons (Fsp3) is 0.194. The number of benzene rings is 4. The summed E-state index contributed by atoms with van der Waals surface area (Å²) in [4.78, 5) is 13.9.